The van der Waals surface area contributed by atoms with Crippen LogP contribution in [0.1, 0.15) is 73.6 Å². The minimum atomic E-state index is -0.528. The molecule has 1 N–H and O–H groups in total. The second kappa shape index (κ2) is 13.2. The van der Waals surface area contributed by atoms with Crippen LogP contribution < -0.4 is 9.47 Å². The van der Waals surface area contributed by atoms with Gasteiger partial charge in [-0.1, -0.05) is 62.4 Å². The third-order valence-corrected chi connectivity index (χ3v) is 10.9. The van der Waals surface area contributed by atoms with Crippen molar-refractivity contribution in [1.29, 1.82) is 0 Å². The normalized spacial score (nSPS) is 24.7. The molecule has 6 heteroatoms. The molecule has 4 bridgehead atoms. The molecule has 0 radical (unpaired) electrons. The fraction of sp³-hybridized carbons (Fsp3) is 0.381. The molecule has 4 saturated carbocycles. The first kappa shape index (κ1) is 32.1. The lowest BCUT2D eigenvalue weighted by atomic mass is 9.47. The van der Waals surface area contributed by atoms with Crippen LogP contribution in [0.4, 0.5) is 0 Å². The Labute approximate surface area is 283 Å². The first-order valence-electron chi connectivity index (χ1n) is 17.4. The summed E-state index contributed by atoms with van der Waals surface area (Å²) in [5.74, 6) is 3.40. The van der Waals surface area contributed by atoms with Gasteiger partial charge in [0, 0.05) is 0 Å². The van der Waals surface area contributed by atoms with Crippen LogP contribution in [0.25, 0.3) is 22.3 Å². The molecular formula is C42H44O6. The maximum Gasteiger partial charge on any atom is 0.343 e. The molecule has 4 aliphatic rings. The zero-order valence-electron chi connectivity index (χ0n) is 27.9. The van der Waals surface area contributed by atoms with Crippen LogP contribution >= 0.6 is 0 Å². The van der Waals surface area contributed by atoms with E-state index in [2.05, 4.69) is 13.8 Å². The Hall–Kier alpha value is -4.42. The fourth-order valence-electron chi connectivity index (χ4n) is 8.81. The van der Waals surface area contributed by atoms with E-state index in [1.807, 2.05) is 72.8 Å². The molecule has 8 rings (SSSR count). The van der Waals surface area contributed by atoms with Gasteiger partial charge in [-0.3, -0.25) is 0 Å². The summed E-state index contributed by atoms with van der Waals surface area (Å²) in [5.41, 5.74) is 4.57. The molecule has 0 aromatic heterocycles. The van der Waals surface area contributed by atoms with Gasteiger partial charge < -0.3 is 19.3 Å². The van der Waals surface area contributed by atoms with Gasteiger partial charge in [0.2, 0.25) is 0 Å². The standard InChI is InChI=1S/C42H44O6/c1-26(2)42(36-21-28-20-29(23-36)24-37(42)22-28)48-41(45)35-10-6-31(7-11-35)33-14-18-39(19-15-33)47-40(44)34-8-4-30(5-9-34)32-12-16-38(17-13-32)46-25-27(3)43/h4-19,26-29,36-37,43H,20-25H2,1-3H3. The lowest BCUT2D eigenvalue weighted by Gasteiger charge is -2.61. The highest BCUT2D eigenvalue weighted by atomic mass is 16.6. The molecule has 4 aromatic rings. The van der Waals surface area contributed by atoms with E-state index < -0.39 is 12.1 Å². The van der Waals surface area contributed by atoms with Crippen LogP contribution in [0.3, 0.4) is 0 Å². The summed E-state index contributed by atoms with van der Waals surface area (Å²) in [4.78, 5) is 26.4. The number of hydrogen-bond donors (Lipinski definition) is 1. The highest BCUT2D eigenvalue weighted by molar-refractivity contribution is 5.92. The summed E-state index contributed by atoms with van der Waals surface area (Å²) in [5, 5.41) is 9.40. The maximum absolute atomic E-state index is 13.5. The summed E-state index contributed by atoms with van der Waals surface area (Å²) in [6.45, 7) is 6.38. The molecule has 48 heavy (non-hydrogen) atoms. The molecule has 4 fully saturated rings. The van der Waals surface area contributed by atoms with Crippen LogP contribution in [-0.4, -0.2) is 35.4 Å². The second-order valence-electron chi connectivity index (χ2n) is 14.5. The monoisotopic (exact) mass is 644 g/mol. The van der Waals surface area contributed by atoms with Gasteiger partial charge in [-0.2, -0.15) is 0 Å². The number of carbonyl (C=O) groups is 2. The predicted octanol–water partition coefficient (Wildman–Crippen LogP) is 9.01. The molecule has 0 spiro atoms. The Kier molecular flexibility index (Phi) is 8.86. The van der Waals surface area contributed by atoms with Crippen molar-refractivity contribution in [1.82, 2.24) is 0 Å². The topological polar surface area (TPSA) is 82.1 Å². The first-order valence-corrected chi connectivity index (χ1v) is 17.4. The van der Waals surface area contributed by atoms with E-state index in [-0.39, 0.29) is 18.2 Å². The summed E-state index contributed by atoms with van der Waals surface area (Å²) in [7, 11) is 0. The van der Waals surface area contributed by atoms with Gasteiger partial charge in [-0.05, 0) is 139 Å². The van der Waals surface area contributed by atoms with E-state index >= 15 is 0 Å². The number of esters is 2. The SMILES string of the molecule is CC(O)COc1ccc(-c2ccc(C(=O)Oc3ccc(-c4ccc(C(=O)OC5(C(C)C)C6CC7CC(C6)CC5C7)cc4)cc3)cc2)cc1. The summed E-state index contributed by atoms with van der Waals surface area (Å²) >= 11 is 0. The molecule has 248 valence electrons. The average Bonchev–Trinajstić information content (AvgIpc) is 3.09. The Morgan fingerprint density at radius 2 is 1.04 bits per heavy atom. The van der Waals surface area contributed by atoms with Crippen molar-refractivity contribution in [2.24, 2.45) is 29.6 Å². The molecule has 0 heterocycles. The molecule has 0 amide bonds. The van der Waals surface area contributed by atoms with Gasteiger partial charge >= 0.3 is 11.9 Å². The Balaban J connectivity index is 0.958. The van der Waals surface area contributed by atoms with E-state index in [1.165, 1.54) is 32.1 Å². The molecule has 1 unspecified atom stereocenters. The molecule has 0 saturated heterocycles. The van der Waals surface area contributed by atoms with E-state index in [9.17, 15) is 14.7 Å². The average molecular weight is 645 g/mol. The van der Waals surface area contributed by atoms with Crippen molar-refractivity contribution in [3.05, 3.63) is 108 Å². The van der Waals surface area contributed by atoms with Gasteiger partial charge in [0.1, 0.15) is 23.7 Å². The molecule has 6 nitrogen and oxygen atoms in total. The van der Waals surface area contributed by atoms with Crippen LogP contribution in [-0.2, 0) is 4.74 Å². The third kappa shape index (κ3) is 6.38. The Bertz CT molecular complexity index is 1710. The van der Waals surface area contributed by atoms with Crippen LogP contribution in [0.2, 0.25) is 0 Å². The van der Waals surface area contributed by atoms with E-state index in [0.29, 0.717) is 40.4 Å². The number of carbonyl (C=O) groups excluding carboxylic acids is 2. The van der Waals surface area contributed by atoms with Crippen molar-refractivity contribution in [3.63, 3.8) is 0 Å². The largest absolute Gasteiger partial charge is 0.491 e. The first-order chi connectivity index (χ1) is 23.2. The highest BCUT2D eigenvalue weighted by Gasteiger charge is 2.60. The molecule has 1 atom stereocenters. The number of ether oxygens (including phenoxy) is 3. The van der Waals surface area contributed by atoms with Crippen molar-refractivity contribution in [2.75, 3.05) is 6.61 Å². The minimum absolute atomic E-state index is 0.213. The number of benzene rings is 4. The van der Waals surface area contributed by atoms with Crippen molar-refractivity contribution in [2.45, 2.75) is 64.6 Å². The smallest absolute Gasteiger partial charge is 0.343 e. The van der Waals surface area contributed by atoms with Crippen LogP contribution in [0.5, 0.6) is 11.5 Å². The zero-order valence-corrected chi connectivity index (χ0v) is 27.9. The van der Waals surface area contributed by atoms with Gasteiger partial charge in [0.25, 0.3) is 0 Å². The van der Waals surface area contributed by atoms with E-state index in [1.54, 1.807) is 31.2 Å². The Morgan fingerprint density at radius 3 is 1.48 bits per heavy atom. The van der Waals surface area contributed by atoms with E-state index in [0.717, 1.165) is 34.1 Å². The zero-order chi connectivity index (χ0) is 33.4. The summed E-state index contributed by atoms with van der Waals surface area (Å²) in [6.07, 6.45) is 5.65. The number of aliphatic hydroxyl groups is 1. The van der Waals surface area contributed by atoms with Crippen molar-refractivity contribution in [3.8, 4) is 33.8 Å². The second-order valence-corrected chi connectivity index (χ2v) is 14.5. The van der Waals surface area contributed by atoms with E-state index in [4.69, 9.17) is 14.2 Å². The third-order valence-electron chi connectivity index (χ3n) is 10.9. The summed E-state index contributed by atoms with van der Waals surface area (Å²) in [6, 6.07) is 29.9. The van der Waals surface area contributed by atoms with Gasteiger partial charge in [0.05, 0.1) is 17.2 Å². The summed E-state index contributed by atoms with van der Waals surface area (Å²) < 4.78 is 17.7. The van der Waals surface area contributed by atoms with Gasteiger partial charge in [-0.15, -0.1) is 0 Å². The van der Waals surface area contributed by atoms with Crippen molar-refractivity contribution >= 4 is 11.9 Å². The lowest BCUT2D eigenvalue weighted by molar-refractivity contribution is -0.197. The van der Waals surface area contributed by atoms with Crippen molar-refractivity contribution < 1.29 is 28.9 Å². The molecular weight excluding hydrogens is 600 g/mol. The molecule has 4 aromatic carbocycles. The fourth-order valence-corrected chi connectivity index (χ4v) is 8.81. The van der Waals surface area contributed by atoms with Gasteiger partial charge in [0.15, 0.2) is 0 Å². The van der Waals surface area contributed by atoms with Crippen LogP contribution in [0.15, 0.2) is 97.1 Å². The van der Waals surface area contributed by atoms with Crippen LogP contribution in [0, 0.1) is 29.6 Å². The maximum atomic E-state index is 13.5. The number of rotatable bonds is 10. The van der Waals surface area contributed by atoms with Gasteiger partial charge in [-0.25, -0.2) is 9.59 Å². The quantitative estimate of drug-likeness (QED) is 0.137. The predicted molar refractivity (Wildman–Crippen MR) is 186 cm³/mol. The minimum Gasteiger partial charge on any atom is -0.491 e. The lowest BCUT2D eigenvalue weighted by Crippen LogP contribution is -2.62. The molecule has 0 aliphatic heterocycles. The number of hydrogen-bond acceptors (Lipinski definition) is 6. The Morgan fingerprint density at radius 1 is 0.625 bits per heavy atom. The number of aliphatic hydroxyl groups excluding tert-OH is 1. The highest BCUT2D eigenvalue weighted by Crippen LogP contribution is 2.62. The molecule has 4 aliphatic carbocycles.